The van der Waals surface area contributed by atoms with Crippen LogP contribution in [-0.4, -0.2) is 35.8 Å². The molecule has 1 aromatic heterocycles. The zero-order valence-electron chi connectivity index (χ0n) is 15.7. The smallest absolute Gasteiger partial charge is 0.246 e. The van der Waals surface area contributed by atoms with Crippen LogP contribution in [0.25, 0.3) is 0 Å². The van der Waals surface area contributed by atoms with Gasteiger partial charge in [-0.2, -0.15) is 4.98 Å². The Morgan fingerprint density at radius 3 is 2.88 bits per heavy atom. The average Bonchev–Trinajstić information content (AvgIpc) is 3.08. The summed E-state index contributed by atoms with van der Waals surface area (Å²) in [5, 5.41) is 10.7. The Balaban J connectivity index is 0.00000312. The van der Waals surface area contributed by atoms with Crippen molar-refractivity contribution in [2.45, 2.75) is 71.6 Å². The fourth-order valence-electron chi connectivity index (χ4n) is 3.17. The second kappa shape index (κ2) is 11.7. The molecule has 25 heavy (non-hydrogen) atoms. The zero-order chi connectivity index (χ0) is 17.4. The first kappa shape index (κ1) is 22.1. The van der Waals surface area contributed by atoms with Crippen LogP contribution < -0.4 is 10.6 Å². The summed E-state index contributed by atoms with van der Waals surface area (Å²) >= 11 is 0. The van der Waals surface area contributed by atoms with E-state index in [0.717, 1.165) is 11.9 Å². The fourth-order valence-corrected chi connectivity index (χ4v) is 3.17. The minimum atomic E-state index is -0.154. The Kier molecular flexibility index (Phi) is 10.3. The first-order valence-corrected chi connectivity index (χ1v) is 9.07. The Hall–Kier alpha value is -0.900. The molecule has 1 aromatic rings. The summed E-state index contributed by atoms with van der Waals surface area (Å²) < 4.78 is 10.7. The van der Waals surface area contributed by atoms with Crippen LogP contribution in [0.1, 0.15) is 70.7 Å². The lowest BCUT2D eigenvalue weighted by Crippen LogP contribution is -2.45. The van der Waals surface area contributed by atoms with Gasteiger partial charge >= 0.3 is 0 Å². The molecule has 2 N–H and O–H groups in total. The number of nitrogens with zero attached hydrogens (tertiary/aromatic N) is 3. The van der Waals surface area contributed by atoms with E-state index < -0.39 is 0 Å². The number of guanidine groups is 1. The summed E-state index contributed by atoms with van der Waals surface area (Å²) in [5.41, 5.74) is 0. The molecule has 1 saturated carbocycles. The molecule has 0 bridgehead atoms. The van der Waals surface area contributed by atoms with Crippen molar-refractivity contribution >= 4 is 29.9 Å². The molecule has 0 amide bonds. The maximum Gasteiger partial charge on any atom is 0.246 e. The van der Waals surface area contributed by atoms with Crippen molar-refractivity contribution in [2.75, 3.05) is 13.7 Å². The first-order valence-electron chi connectivity index (χ1n) is 9.07. The third-order valence-electron chi connectivity index (χ3n) is 4.60. The minimum Gasteiger partial charge on any atom is -0.371 e. The highest BCUT2D eigenvalue weighted by molar-refractivity contribution is 14.0. The summed E-state index contributed by atoms with van der Waals surface area (Å²) in [6, 6.07) is 0.492. The molecule has 2 rings (SSSR count). The second-order valence-corrected chi connectivity index (χ2v) is 6.35. The van der Waals surface area contributed by atoms with Crippen LogP contribution in [0.15, 0.2) is 9.52 Å². The summed E-state index contributed by atoms with van der Waals surface area (Å²) in [4.78, 5) is 8.66. The Morgan fingerprint density at radius 1 is 1.40 bits per heavy atom. The van der Waals surface area contributed by atoms with E-state index in [1.807, 2.05) is 13.8 Å². The van der Waals surface area contributed by atoms with Crippen LogP contribution in [0.4, 0.5) is 0 Å². The van der Waals surface area contributed by atoms with Crippen LogP contribution in [0.3, 0.4) is 0 Å². The van der Waals surface area contributed by atoms with Crippen molar-refractivity contribution < 1.29 is 9.26 Å². The van der Waals surface area contributed by atoms with Crippen molar-refractivity contribution in [3.63, 3.8) is 0 Å². The van der Waals surface area contributed by atoms with Crippen LogP contribution in [0, 0.1) is 5.92 Å². The molecular weight excluding hydrogens is 433 g/mol. The van der Waals surface area contributed by atoms with Gasteiger partial charge in [-0.25, -0.2) is 0 Å². The van der Waals surface area contributed by atoms with Gasteiger partial charge in [0.25, 0.3) is 0 Å². The molecule has 0 aromatic carbocycles. The highest BCUT2D eigenvalue weighted by Gasteiger charge is 2.21. The average molecular weight is 465 g/mol. The predicted octanol–water partition coefficient (Wildman–Crippen LogP) is 3.42. The fraction of sp³-hybridized carbons (Fsp3) is 0.824. The van der Waals surface area contributed by atoms with Crippen LogP contribution in [-0.2, 0) is 11.3 Å². The lowest BCUT2D eigenvalue weighted by Gasteiger charge is -2.30. The summed E-state index contributed by atoms with van der Waals surface area (Å²) in [6.07, 6.45) is 6.16. The number of hydrogen-bond donors (Lipinski definition) is 2. The molecule has 1 heterocycles. The van der Waals surface area contributed by atoms with Gasteiger partial charge in [0.2, 0.25) is 5.89 Å². The maximum absolute atomic E-state index is 5.47. The molecule has 0 saturated heterocycles. The van der Waals surface area contributed by atoms with E-state index in [1.165, 1.54) is 32.1 Å². The summed E-state index contributed by atoms with van der Waals surface area (Å²) in [5.74, 6) is 2.73. The number of rotatable bonds is 7. The van der Waals surface area contributed by atoms with Crippen molar-refractivity contribution in [1.29, 1.82) is 0 Å². The van der Waals surface area contributed by atoms with E-state index in [9.17, 15) is 0 Å². The predicted molar refractivity (Wildman–Crippen MR) is 109 cm³/mol. The summed E-state index contributed by atoms with van der Waals surface area (Å²) in [7, 11) is 1.78. The van der Waals surface area contributed by atoms with Crippen molar-refractivity contribution in [3.05, 3.63) is 11.7 Å². The molecule has 0 radical (unpaired) electrons. The number of hydrogen-bond acceptors (Lipinski definition) is 5. The van der Waals surface area contributed by atoms with Gasteiger partial charge in [0.15, 0.2) is 11.8 Å². The van der Waals surface area contributed by atoms with Gasteiger partial charge in [0.1, 0.15) is 6.10 Å². The Morgan fingerprint density at radius 2 is 2.20 bits per heavy atom. The molecule has 0 spiro atoms. The topological polar surface area (TPSA) is 84.6 Å². The standard InChI is InChI=1S/C17H31N5O2.HI/c1-5-13-8-7-9-14(10-13)20-17(18-4)19-11-15-21-16(22-24-15)12(3)23-6-2;/h12-14H,5-11H2,1-4H3,(H2,18,19,20);1H. The quantitative estimate of drug-likeness (QED) is 0.365. The number of aliphatic imine (C=N–C) groups is 1. The van der Waals surface area contributed by atoms with E-state index >= 15 is 0 Å². The van der Waals surface area contributed by atoms with Gasteiger partial charge in [-0.3, -0.25) is 4.99 Å². The van der Waals surface area contributed by atoms with Gasteiger partial charge in [-0.1, -0.05) is 31.3 Å². The SMILES string of the molecule is CCOC(C)c1noc(CNC(=NC)NC2CCCC(CC)C2)n1.I. The summed E-state index contributed by atoms with van der Waals surface area (Å²) in [6.45, 7) is 7.22. The van der Waals surface area contributed by atoms with E-state index in [0.29, 0.717) is 30.9 Å². The molecule has 7 nitrogen and oxygen atoms in total. The van der Waals surface area contributed by atoms with Gasteiger partial charge in [-0.15, -0.1) is 24.0 Å². The zero-order valence-corrected chi connectivity index (χ0v) is 18.1. The number of nitrogens with one attached hydrogen (secondary N) is 2. The van der Waals surface area contributed by atoms with E-state index in [2.05, 4.69) is 32.7 Å². The van der Waals surface area contributed by atoms with Crippen LogP contribution in [0.5, 0.6) is 0 Å². The maximum atomic E-state index is 5.47. The Bertz CT molecular complexity index is 523. The van der Waals surface area contributed by atoms with Crippen molar-refractivity contribution in [2.24, 2.45) is 10.9 Å². The highest BCUT2D eigenvalue weighted by atomic mass is 127. The second-order valence-electron chi connectivity index (χ2n) is 6.35. The molecule has 8 heteroatoms. The number of ether oxygens (including phenoxy) is 1. The van der Waals surface area contributed by atoms with Crippen LogP contribution in [0.2, 0.25) is 0 Å². The van der Waals surface area contributed by atoms with Crippen LogP contribution >= 0.6 is 24.0 Å². The van der Waals surface area contributed by atoms with E-state index in [-0.39, 0.29) is 30.1 Å². The molecule has 0 aliphatic heterocycles. The van der Waals surface area contributed by atoms with E-state index in [4.69, 9.17) is 9.26 Å². The molecule has 3 unspecified atom stereocenters. The lowest BCUT2D eigenvalue weighted by atomic mass is 9.84. The first-order chi connectivity index (χ1) is 11.7. The minimum absolute atomic E-state index is 0. The third kappa shape index (κ3) is 7.08. The molecular formula is C17H32IN5O2. The number of halogens is 1. The van der Waals surface area contributed by atoms with Crippen molar-refractivity contribution in [3.8, 4) is 0 Å². The van der Waals surface area contributed by atoms with Gasteiger partial charge in [-0.05, 0) is 32.6 Å². The van der Waals surface area contributed by atoms with Gasteiger partial charge in [0.05, 0.1) is 6.54 Å². The molecule has 1 fully saturated rings. The van der Waals surface area contributed by atoms with Crippen molar-refractivity contribution in [1.82, 2.24) is 20.8 Å². The molecule has 1 aliphatic carbocycles. The monoisotopic (exact) mass is 465 g/mol. The Labute approximate surface area is 167 Å². The lowest BCUT2D eigenvalue weighted by molar-refractivity contribution is 0.0683. The molecule has 144 valence electrons. The largest absolute Gasteiger partial charge is 0.371 e. The number of aromatic nitrogens is 2. The third-order valence-corrected chi connectivity index (χ3v) is 4.60. The van der Waals surface area contributed by atoms with E-state index in [1.54, 1.807) is 7.05 Å². The van der Waals surface area contributed by atoms with Gasteiger partial charge in [0, 0.05) is 19.7 Å². The highest BCUT2D eigenvalue weighted by Crippen LogP contribution is 2.26. The molecule has 1 aliphatic rings. The molecule has 3 atom stereocenters. The van der Waals surface area contributed by atoms with Gasteiger partial charge < -0.3 is 19.9 Å². The normalized spacial score (nSPS) is 22.2.